The van der Waals surface area contributed by atoms with E-state index in [-0.39, 0.29) is 11.8 Å². The molecule has 4 rings (SSSR count). The maximum atomic E-state index is 12.8. The van der Waals surface area contributed by atoms with Gasteiger partial charge in [0.2, 0.25) is 0 Å². The van der Waals surface area contributed by atoms with Crippen LogP contribution in [0.15, 0.2) is 66.7 Å². The lowest BCUT2D eigenvalue weighted by atomic mass is 10.0. The highest BCUT2D eigenvalue weighted by Gasteiger charge is 2.26. The quantitative estimate of drug-likeness (QED) is 0.417. The van der Waals surface area contributed by atoms with Crippen molar-refractivity contribution in [2.75, 3.05) is 36.2 Å². The predicted octanol–water partition coefficient (Wildman–Crippen LogP) is 3.98. The molecule has 3 aromatic rings. The Morgan fingerprint density at radius 2 is 1.71 bits per heavy atom. The first-order chi connectivity index (χ1) is 15.2. The van der Waals surface area contributed by atoms with Gasteiger partial charge in [-0.3, -0.25) is 9.59 Å². The molecule has 0 aliphatic carbocycles. The first kappa shape index (κ1) is 20.4. The third kappa shape index (κ3) is 4.67. The molecule has 1 aliphatic heterocycles. The van der Waals surface area contributed by atoms with E-state index in [1.807, 2.05) is 48.5 Å². The highest BCUT2D eigenvalue weighted by molar-refractivity contribution is 6.11. The van der Waals surface area contributed by atoms with E-state index >= 15 is 0 Å². The van der Waals surface area contributed by atoms with Crippen molar-refractivity contribution in [3.63, 3.8) is 0 Å². The van der Waals surface area contributed by atoms with Crippen LogP contribution in [0.1, 0.15) is 26.3 Å². The highest BCUT2D eigenvalue weighted by Crippen LogP contribution is 2.33. The number of benzene rings is 3. The summed E-state index contributed by atoms with van der Waals surface area (Å²) in [5.41, 5.74) is 5.01. The summed E-state index contributed by atoms with van der Waals surface area (Å²) in [4.78, 5) is 25.2. The van der Waals surface area contributed by atoms with Crippen LogP contribution in [0.4, 0.5) is 22.7 Å². The predicted molar refractivity (Wildman–Crippen MR) is 122 cm³/mol. The van der Waals surface area contributed by atoms with E-state index in [0.717, 1.165) is 22.6 Å². The number of anilines is 4. The lowest BCUT2D eigenvalue weighted by Crippen LogP contribution is -2.17. The molecule has 1 heterocycles. The number of rotatable bonds is 8. The molecule has 0 unspecified atom stereocenters. The van der Waals surface area contributed by atoms with Crippen LogP contribution in [0.2, 0.25) is 0 Å². The Morgan fingerprint density at radius 3 is 2.45 bits per heavy atom. The fourth-order valence-corrected chi connectivity index (χ4v) is 3.48. The Morgan fingerprint density at radius 1 is 0.968 bits per heavy atom. The Balaban J connectivity index is 1.51. The van der Waals surface area contributed by atoms with Crippen molar-refractivity contribution in [2.45, 2.75) is 6.54 Å². The number of fused-ring (bicyclic) bond motifs is 1. The van der Waals surface area contributed by atoms with Gasteiger partial charge in [0, 0.05) is 48.4 Å². The molecule has 0 aromatic heterocycles. The number of hydrogen-bond donors (Lipinski definition) is 4. The smallest absolute Gasteiger partial charge is 0.255 e. The fourth-order valence-electron chi connectivity index (χ4n) is 3.48. The number of para-hydroxylation sites is 1. The molecule has 2 amide bonds. The van der Waals surface area contributed by atoms with Crippen LogP contribution in [-0.4, -0.2) is 32.1 Å². The lowest BCUT2D eigenvalue weighted by Gasteiger charge is -2.14. The standard InChI is InChI=1S/C24H24N4O3/c1-31-14-13-25-17-9-7-16(8-10-17)23(29)28-21-12-11-20(19-15-26-24(30)22(19)21)27-18-5-3-2-4-6-18/h2-12,25,27H,13-15H2,1H3,(H,26,30)(H,28,29). The molecule has 3 aromatic carbocycles. The molecule has 0 atom stereocenters. The zero-order chi connectivity index (χ0) is 21.6. The molecule has 0 saturated carbocycles. The molecule has 7 heteroatoms. The number of ether oxygens (including phenoxy) is 1. The molecular weight excluding hydrogens is 392 g/mol. The average Bonchev–Trinajstić information content (AvgIpc) is 3.19. The largest absolute Gasteiger partial charge is 0.383 e. The Bertz CT molecular complexity index is 1080. The molecule has 0 spiro atoms. The van der Waals surface area contributed by atoms with Gasteiger partial charge in [-0.1, -0.05) is 18.2 Å². The number of carbonyl (C=O) groups is 2. The lowest BCUT2D eigenvalue weighted by molar-refractivity contribution is 0.0966. The molecule has 0 fully saturated rings. The van der Waals surface area contributed by atoms with Gasteiger partial charge in [0.15, 0.2) is 0 Å². The number of nitrogens with one attached hydrogen (secondary N) is 4. The Kier molecular flexibility index (Phi) is 6.14. The van der Waals surface area contributed by atoms with Crippen molar-refractivity contribution in [3.05, 3.63) is 83.4 Å². The van der Waals surface area contributed by atoms with Crippen molar-refractivity contribution in [2.24, 2.45) is 0 Å². The van der Waals surface area contributed by atoms with E-state index in [9.17, 15) is 9.59 Å². The highest BCUT2D eigenvalue weighted by atomic mass is 16.5. The van der Waals surface area contributed by atoms with Crippen molar-refractivity contribution in [1.82, 2.24) is 5.32 Å². The fraction of sp³-hybridized carbons (Fsp3) is 0.167. The van der Waals surface area contributed by atoms with E-state index < -0.39 is 0 Å². The van der Waals surface area contributed by atoms with Crippen molar-refractivity contribution >= 4 is 34.6 Å². The van der Waals surface area contributed by atoms with E-state index in [1.165, 1.54) is 0 Å². The van der Waals surface area contributed by atoms with Crippen LogP contribution < -0.4 is 21.3 Å². The van der Waals surface area contributed by atoms with Gasteiger partial charge in [-0.05, 0) is 48.5 Å². The maximum Gasteiger partial charge on any atom is 0.255 e. The summed E-state index contributed by atoms with van der Waals surface area (Å²) in [5.74, 6) is -0.464. The average molecular weight is 416 g/mol. The summed E-state index contributed by atoms with van der Waals surface area (Å²) in [7, 11) is 1.65. The van der Waals surface area contributed by atoms with Gasteiger partial charge in [0.25, 0.3) is 11.8 Å². The number of amides is 2. The number of methoxy groups -OCH3 is 1. The Hall–Kier alpha value is -3.84. The van der Waals surface area contributed by atoms with E-state index in [2.05, 4.69) is 21.3 Å². The summed E-state index contributed by atoms with van der Waals surface area (Å²) in [6.45, 7) is 1.70. The van der Waals surface area contributed by atoms with Gasteiger partial charge in [-0.15, -0.1) is 0 Å². The van der Waals surface area contributed by atoms with E-state index in [0.29, 0.717) is 36.5 Å². The minimum atomic E-state index is -0.269. The minimum Gasteiger partial charge on any atom is -0.383 e. The van der Waals surface area contributed by atoms with Gasteiger partial charge >= 0.3 is 0 Å². The molecule has 7 nitrogen and oxygen atoms in total. The minimum absolute atomic E-state index is 0.195. The van der Waals surface area contributed by atoms with Crippen LogP contribution in [0, 0.1) is 0 Å². The van der Waals surface area contributed by atoms with Gasteiger partial charge < -0.3 is 26.0 Å². The first-order valence-electron chi connectivity index (χ1n) is 10.1. The SMILES string of the molecule is COCCNc1ccc(C(=O)Nc2ccc(Nc3ccccc3)c3c2C(=O)NC3)cc1. The van der Waals surface area contributed by atoms with Gasteiger partial charge in [0.1, 0.15) is 0 Å². The van der Waals surface area contributed by atoms with Crippen molar-refractivity contribution < 1.29 is 14.3 Å². The van der Waals surface area contributed by atoms with Crippen molar-refractivity contribution in [1.29, 1.82) is 0 Å². The Labute approximate surface area is 180 Å². The van der Waals surface area contributed by atoms with Gasteiger partial charge in [-0.2, -0.15) is 0 Å². The molecule has 0 radical (unpaired) electrons. The van der Waals surface area contributed by atoms with Crippen LogP contribution >= 0.6 is 0 Å². The maximum absolute atomic E-state index is 12.8. The molecule has 0 bridgehead atoms. The van der Waals surface area contributed by atoms with Crippen LogP contribution in [0.3, 0.4) is 0 Å². The van der Waals surface area contributed by atoms with Crippen LogP contribution in [-0.2, 0) is 11.3 Å². The number of carbonyl (C=O) groups excluding carboxylic acids is 2. The normalized spacial score (nSPS) is 12.1. The summed E-state index contributed by atoms with van der Waals surface area (Å²) >= 11 is 0. The molecule has 158 valence electrons. The zero-order valence-corrected chi connectivity index (χ0v) is 17.2. The van der Waals surface area contributed by atoms with Crippen LogP contribution in [0.25, 0.3) is 0 Å². The second-order valence-corrected chi connectivity index (χ2v) is 7.14. The van der Waals surface area contributed by atoms with E-state index in [4.69, 9.17) is 4.74 Å². The number of hydrogen-bond acceptors (Lipinski definition) is 5. The summed E-state index contributed by atoms with van der Waals surface area (Å²) in [6, 6.07) is 20.6. The second kappa shape index (κ2) is 9.32. The van der Waals surface area contributed by atoms with Gasteiger partial charge in [0.05, 0.1) is 17.9 Å². The molecule has 0 saturated heterocycles. The molecular formula is C24H24N4O3. The summed E-state index contributed by atoms with van der Waals surface area (Å²) < 4.78 is 5.01. The topological polar surface area (TPSA) is 91.5 Å². The summed E-state index contributed by atoms with van der Waals surface area (Å²) in [5, 5.41) is 12.3. The molecule has 31 heavy (non-hydrogen) atoms. The molecule has 4 N–H and O–H groups in total. The van der Waals surface area contributed by atoms with Crippen LogP contribution in [0.5, 0.6) is 0 Å². The first-order valence-corrected chi connectivity index (χ1v) is 10.1. The monoisotopic (exact) mass is 416 g/mol. The van der Waals surface area contributed by atoms with Gasteiger partial charge in [-0.25, -0.2) is 0 Å². The third-order valence-electron chi connectivity index (χ3n) is 5.05. The van der Waals surface area contributed by atoms with Crippen molar-refractivity contribution in [3.8, 4) is 0 Å². The third-order valence-corrected chi connectivity index (χ3v) is 5.05. The summed E-state index contributed by atoms with van der Waals surface area (Å²) in [6.07, 6.45) is 0. The molecule has 1 aliphatic rings. The zero-order valence-electron chi connectivity index (χ0n) is 17.2. The van der Waals surface area contributed by atoms with E-state index in [1.54, 1.807) is 25.3 Å². The second-order valence-electron chi connectivity index (χ2n) is 7.14.